The van der Waals surface area contributed by atoms with Crippen molar-refractivity contribution in [2.45, 2.75) is 38.5 Å². The zero-order valence-corrected chi connectivity index (χ0v) is 18.7. The Hall–Kier alpha value is -2.29. The van der Waals surface area contributed by atoms with E-state index in [-0.39, 0.29) is 25.4 Å². The maximum atomic E-state index is 12.9. The zero-order chi connectivity index (χ0) is 23.5. The van der Waals surface area contributed by atoms with Crippen LogP contribution in [0.5, 0.6) is 5.75 Å². The highest BCUT2D eigenvalue weighted by atomic mass is 35.5. The lowest BCUT2D eigenvalue weighted by Crippen LogP contribution is -2.53. The normalized spacial score (nSPS) is 19.6. The number of hydrogen-bond donors (Lipinski definition) is 2. The SMILES string of the molecule is Cc1cc(OCC2(O)CCCN(CC(=O)Nc3cccc(C(F)(F)F)c3)C2)cc(C)c1Cl. The van der Waals surface area contributed by atoms with Gasteiger partial charge in [0.25, 0.3) is 0 Å². The molecule has 9 heteroatoms. The molecule has 1 fully saturated rings. The van der Waals surface area contributed by atoms with Gasteiger partial charge < -0.3 is 15.2 Å². The molecule has 0 bridgehead atoms. The summed E-state index contributed by atoms with van der Waals surface area (Å²) in [7, 11) is 0. The van der Waals surface area contributed by atoms with Gasteiger partial charge in [-0.15, -0.1) is 0 Å². The number of β-amino-alcohol motifs (C(OH)–C–C–N with tert-alkyl or cyclic N) is 1. The minimum Gasteiger partial charge on any atom is -0.491 e. The summed E-state index contributed by atoms with van der Waals surface area (Å²) in [5.74, 6) is 0.163. The minimum atomic E-state index is -4.48. The molecule has 2 N–H and O–H groups in total. The van der Waals surface area contributed by atoms with E-state index in [0.717, 1.165) is 23.3 Å². The summed E-state index contributed by atoms with van der Waals surface area (Å²) in [6.07, 6.45) is -3.30. The molecule has 1 aliphatic rings. The van der Waals surface area contributed by atoms with Crippen molar-refractivity contribution in [3.05, 3.63) is 58.1 Å². The Morgan fingerprint density at radius 1 is 1.25 bits per heavy atom. The molecule has 0 spiro atoms. The van der Waals surface area contributed by atoms with Gasteiger partial charge >= 0.3 is 6.18 Å². The fraction of sp³-hybridized carbons (Fsp3) is 0.435. The first-order chi connectivity index (χ1) is 14.9. The highest BCUT2D eigenvalue weighted by Crippen LogP contribution is 2.31. The third kappa shape index (κ3) is 6.37. The molecule has 2 aromatic carbocycles. The molecule has 3 rings (SSSR count). The number of alkyl halides is 3. The molecule has 174 valence electrons. The Bertz CT molecular complexity index is 960. The average molecular weight is 471 g/mol. The van der Waals surface area contributed by atoms with E-state index in [1.165, 1.54) is 12.1 Å². The molecule has 1 saturated heterocycles. The number of piperidine rings is 1. The Balaban J connectivity index is 1.56. The van der Waals surface area contributed by atoms with Crippen molar-refractivity contribution in [1.82, 2.24) is 4.90 Å². The summed E-state index contributed by atoms with van der Waals surface area (Å²) in [5.41, 5.74) is -0.132. The average Bonchev–Trinajstić information content (AvgIpc) is 2.70. The number of carbonyl (C=O) groups excluding carboxylic acids is 1. The smallest absolute Gasteiger partial charge is 0.416 e. The lowest BCUT2D eigenvalue weighted by Gasteiger charge is -2.38. The quantitative estimate of drug-likeness (QED) is 0.635. The second-order valence-electron chi connectivity index (χ2n) is 8.33. The number of nitrogens with one attached hydrogen (secondary N) is 1. The number of ether oxygens (including phenoxy) is 1. The number of benzene rings is 2. The molecule has 1 heterocycles. The van der Waals surface area contributed by atoms with Crippen molar-refractivity contribution in [2.24, 2.45) is 0 Å². The van der Waals surface area contributed by atoms with E-state index in [9.17, 15) is 23.1 Å². The number of likely N-dealkylation sites (tertiary alicyclic amines) is 1. The summed E-state index contributed by atoms with van der Waals surface area (Å²) in [6.45, 7) is 4.58. The number of aryl methyl sites for hydroxylation is 2. The molecular formula is C23H26ClF3N2O3. The van der Waals surface area contributed by atoms with E-state index < -0.39 is 23.2 Å². The third-order valence-corrected chi connectivity index (χ3v) is 5.99. The minimum absolute atomic E-state index is 0.0439. The number of anilines is 1. The lowest BCUT2D eigenvalue weighted by molar-refractivity contribution is -0.137. The summed E-state index contributed by atoms with van der Waals surface area (Å²) in [5, 5.41) is 14.1. The van der Waals surface area contributed by atoms with Gasteiger partial charge in [0.1, 0.15) is 18.0 Å². The van der Waals surface area contributed by atoms with Gasteiger partial charge in [0.05, 0.1) is 12.1 Å². The van der Waals surface area contributed by atoms with E-state index in [2.05, 4.69) is 5.32 Å². The summed E-state index contributed by atoms with van der Waals surface area (Å²) in [4.78, 5) is 14.2. The van der Waals surface area contributed by atoms with Crippen LogP contribution < -0.4 is 10.1 Å². The number of rotatable bonds is 6. The van der Waals surface area contributed by atoms with Crippen molar-refractivity contribution >= 4 is 23.2 Å². The maximum absolute atomic E-state index is 12.9. The number of hydrogen-bond acceptors (Lipinski definition) is 4. The molecule has 1 atom stereocenters. The zero-order valence-electron chi connectivity index (χ0n) is 17.9. The van der Waals surface area contributed by atoms with Crippen LogP contribution in [0.3, 0.4) is 0 Å². The van der Waals surface area contributed by atoms with Crippen LogP contribution in [0, 0.1) is 13.8 Å². The van der Waals surface area contributed by atoms with Crippen LogP contribution in [0.1, 0.15) is 29.5 Å². The highest BCUT2D eigenvalue weighted by molar-refractivity contribution is 6.32. The van der Waals surface area contributed by atoms with Crippen LogP contribution in [-0.4, -0.2) is 47.8 Å². The summed E-state index contributed by atoms with van der Waals surface area (Å²) < 4.78 is 44.4. The highest BCUT2D eigenvalue weighted by Gasteiger charge is 2.35. The van der Waals surface area contributed by atoms with E-state index in [1.54, 1.807) is 4.90 Å². The first-order valence-corrected chi connectivity index (χ1v) is 10.6. The molecule has 1 unspecified atom stereocenters. The fourth-order valence-corrected chi connectivity index (χ4v) is 3.95. The van der Waals surface area contributed by atoms with Gasteiger partial charge in [-0.2, -0.15) is 13.2 Å². The van der Waals surface area contributed by atoms with Crippen molar-refractivity contribution < 1.29 is 27.8 Å². The van der Waals surface area contributed by atoms with Crippen molar-refractivity contribution in [1.29, 1.82) is 0 Å². The van der Waals surface area contributed by atoms with E-state index in [0.29, 0.717) is 30.2 Å². The number of nitrogens with zero attached hydrogens (tertiary/aromatic N) is 1. The van der Waals surface area contributed by atoms with Crippen LogP contribution in [-0.2, 0) is 11.0 Å². The van der Waals surface area contributed by atoms with Crippen LogP contribution in [0.4, 0.5) is 18.9 Å². The third-order valence-electron chi connectivity index (χ3n) is 5.39. The first-order valence-electron chi connectivity index (χ1n) is 10.3. The van der Waals surface area contributed by atoms with Gasteiger partial charge in [0.2, 0.25) is 5.91 Å². The molecule has 2 aromatic rings. The fourth-order valence-electron chi connectivity index (χ4n) is 3.84. The molecule has 1 aliphatic heterocycles. The van der Waals surface area contributed by atoms with E-state index in [4.69, 9.17) is 16.3 Å². The van der Waals surface area contributed by atoms with E-state index >= 15 is 0 Å². The Morgan fingerprint density at radius 3 is 2.59 bits per heavy atom. The van der Waals surface area contributed by atoms with Gasteiger partial charge in [-0.3, -0.25) is 9.69 Å². The lowest BCUT2D eigenvalue weighted by atomic mass is 9.93. The van der Waals surface area contributed by atoms with Crippen LogP contribution in [0.25, 0.3) is 0 Å². The van der Waals surface area contributed by atoms with Gasteiger partial charge in [-0.05, 0) is 74.7 Å². The topological polar surface area (TPSA) is 61.8 Å². The predicted molar refractivity (Wildman–Crippen MR) is 117 cm³/mol. The van der Waals surface area contributed by atoms with Crippen LogP contribution in [0.2, 0.25) is 5.02 Å². The van der Waals surface area contributed by atoms with Crippen molar-refractivity contribution in [2.75, 3.05) is 31.6 Å². The number of amides is 1. The molecule has 32 heavy (non-hydrogen) atoms. The van der Waals surface area contributed by atoms with Crippen molar-refractivity contribution in [3.63, 3.8) is 0 Å². The molecule has 0 aliphatic carbocycles. The maximum Gasteiger partial charge on any atom is 0.416 e. The largest absolute Gasteiger partial charge is 0.491 e. The number of halogens is 4. The summed E-state index contributed by atoms with van der Waals surface area (Å²) in [6, 6.07) is 8.11. The molecule has 0 saturated carbocycles. The number of carbonyl (C=O) groups is 1. The van der Waals surface area contributed by atoms with Crippen LogP contribution in [0.15, 0.2) is 36.4 Å². The van der Waals surface area contributed by atoms with Gasteiger partial charge in [-0.25, -0.2) is 0 Å². The number of aliphatic hydroxyl groups is 1. The molecule has 0 aromatic heterocycles. The predicted octanol–water partition coefficient (Wildman–Crippen LogP) is 4.82. The Morgan fingerprint density at radius 2 is 1.94 bits per heavy atom. The molecule has 1 amide bonds. The van der Waals surface area contributed by atoms with Gasteiger partial charge in [0.15, 0.2) is 0 Å². The second-order valence-corrected chi connectivity index (χ2v) is 8.70. The Labute approximate surface area is 190 Å². The van der Waals surface area contributed by atoms with Gasteiger partial charge in [0, 0.05) is 17.3 Å². The summed E-state index contributed by atoms with van der Waals surface area (Å²) >= 11 is 6.18. The second kappa shape index (κ2) is 9.68. The van der Waals surface area contributed by atoms with Gasteiger partial charge in [-0.1, -0.05) is 17.7 Å². The standard InChI is InChI=1S/C23H26ClF3N2O3/c1-15-9-19(10-16(2)21(15)24)32-14-22(31)7-4-8-29(13-22)12-20(30)28-18-6-3-5-17(11-18)23(25,26)27/h3,5-6,9-11,31H,4,7-8,12-14H2,1-2H3,(H,28,30). The first kappa shape index (κ1) is 24.4. The van der Waals surface area contributed by atoms with Crippen LogP contribution >= 0.6 is 11.6 Å². The molecule has 5 nitrogen and oxygen atoms in total. The Kier molecular flexibility index (Phi) is 7.37. The van der Waals surface area contributed by atoms with Crippen molar-refractivity contribution in [3.8, 4) is 5.75 Å². The molecular weight excluding hydrogens is 445 g/mol. The monoisotopic (exact) mass is 470 g/mol. The van der Waals surface area contributed by atoms with E-state index in [1.807, 2.05) is 26.0 Å². The molecule has 0 radical (unpaired) electrons.